The second-order valence-electron chi connectivity index (χ2n) is 5.96. The zero-order valence-corrected chi connectivity index (χ0v) is 15.5. The third kappa shape index (κ3) is 3.42. The summed E-state index contributed by atoms with van der Waals surface area (Å²) >= 11 is 1.48. The number of non-ortho nitro benzene ring substituents is 1. The Labute approximate surface area is 151 Å². The molecule has 0 N–H and O–H groups in total. The van der Waals surface area contributed by atoms with Gasteiger partial charge in [0.25, 0.3) is 5.69 Å². The summed E-state index contributed by atoms with van der Waals surface area (Å²) in [6.45, 7) is 4.08. The van der Waals surface area contributed by atoms with Crippen LogP contribution < -0.4 is 0 Å². The highest BCUT2D eigenvalue weighted by Gasteiger charge is 2.37. The summed E-state index contributed by atoms with van der Waals surface area (Å²) in [6, 6.07) is 11.5. The molecule has 0 spiro atoms. The lowest BCUT2D eigenvalue weighted by Gasteiger charge is -2.24. The molecule has 3 rings (SSSR count). The van der Waals surface area contributed by atoms with E-state index >= 15 is 0 Å². The van der Waals surface area contributed by atoms with Crippen LogP contribution in [0.2, 0.25) is 0 Å². The second kappa shape index (κ2) is 6.78. The van der Waals surface area contributed by atoms with E-state index in [1.807, 2.05) is 13.0 Å². The quantitative estimate of drug-likeness (QED) is 0.599. The van der Waals surface area contributed by atoms with E-state index in [4.69, 9.17) is 0 Å². The van der Waals surface area contributed by atoms with Crippen molar-refractivity contribution in [3.8, 4) is 0 Å². The summed E-state index contributed by atoms with van der Waals surface area (Å²) in [5, 5.41) is 10.6. The van der Waals surface area contributed by atoms with Crippen LogP contribution in [0, 0.1) is 24.0 Å². The van der Waals surface area contributed by atoms with Crippen LogP contribution in [0.25, 0.3) is 0 Å². The van der Waals surface area contributed by atoms with Gasteiger partial charge in [-0.3, -0.25) is 10.1 Å². The van der Waals surface area contributed by atoms with E-state index in [-0.39, 0.29) is 10.6 Å². The lowest BCUT2D eigenvalue weighted by Crippen LogP contribution is -2.31. The Bertz CT molecular complexity index is 928. The van der Waals surface area contributed by atoms with Gasteiger partial charge in [-0.15, -0.1) is 11.8 Å². The molecule has 1 heterocycles. The van der Waals surface area contributed by atoms with Gasteiger partial charge in [0, 0.05) is 24.4 Å². The largest absolute Gasteiger partial charge is 0.269 e. The van der Waals surface area contributed by atoms with Gasteiger partial charge in [-0.25, -0.2) is 8.42 Å². The molecule has 0 saturated carbocycles. The summed E-state index contributed by atoms with van der Waals surface area (Å²) in [5.41, 5.74) is 2.30. The van der Waals surface area contributed by atoms with E-state index in [0.29, 0.717) is 23.4 Å². The maximum absolute atomic E-state index is 13.1. The van der Waals surface area contributed by atoms with Crippen LogP contribution in [-0.4, -0.2) is 29.9 Å². The summed E-state index contributed by atoms with van der Waals surface area (Å²) in [5.74, 6) is 0.650. The number of nitro groups is 1. The first kappa shape index (κ1) is 17.9. The second-order valence-corrected chi connectivity index (χ2v) is 9.01. The Kier molecular flexibility index (Phi) is 4.86. The van der Waals surface area contributed by atoms with Crippen LogP contribution in [-0.2, 0) is 10.0 Å². The molecule has 1 fully saturated rings. The molecule has 0 radical (unpaired) electrons. The molecule has 1 aliphatic rings. The van der Waals surface area contributed by atoms with Crippen molar-refractivity contribution in [3.05, 3.63) is 69.3 Å². The van der Waals surface area contributed by atoms with E-state index in [0.717, 1.165) is 5.56 Å². The van der Waals surface area contributed by atoms with Crippen molar-refractivity contribution >= 4 is 27.5 Å². The Morgan fingerprint density at radius 3 is 2.64 bits per heavy atom. The van der Waals surface area contributed by atoms with Gasteiger partial charge in [0.1, 0.15) is 0 Å². The van der Waals surface area contributed by atoms with Crippen LogP contribution in [0.5, 0.6) is 0 Å². The molecule has 0 aromatic heterocycles. The lowest BCUT2D eigenvalue weighted by molar-refractivity contribution is -0.384. The standard InChI is InChI=1S/C17H18N2O4S2/c1-12-6-7-16(13(2)10-12)25(22,23)18-8-9-24-17(18)14-4-3-5-15(11-14)19(20)21/h3-7,10-11,17H,8-9H2,1-2H3. The highest BCUT2D eigenvalue weighted by Crippen LogP contribution is 2.42. The molecule has 25 heavy (non-hydrogen) atoms. The number of hydrogen-bond acceptors (Lipinski definition) is 5. The van der Waals surface area contributed by atoms with E-state index in [2.05, 4.69) is 0 Å². The molecule has 8 heteroatoms. The summed E-state index contributed by atoms with van der Waals surface area (Å²) in [7, 11) is -3.67. The van der Waals surface area contributed by atoms with Crippen molar-refractivity contribution in [2.45, 2.75) is 24.1 Å². The number of thioether (sulfide) groups is 1. The normalized spacial score (nSPS) is 18.4. The topological polar surface area (TPSA) is 80.5 Å². The molecule has 1 atom stereocenters. The van der Waals surface area contributed by atoms with Crippen LogP contribution in [0.1, 0.15) is 22.1 Å². The Morgan fingerprint density at radius 1 is 1.20 bits per heavy atom. The fourth-order valence-electron chi connectivity index (χ4n) is 2.97. The molecule has 132 valence electrons. The average Bonchev–Trinajstić information content (AvgIpc) is 3.05. The lowest BCUT2D eigenvalue weighted by atomic mass is 10.2. The minimum absolute atomic E-state index is 0.0335. The maximum Gasteiger partial charge on any atom is 0.269 e. The number of nitro benzene ring substituents is 1. The number of aryl methyl sites for hydroxylation is 2. The molecule has 2 aromatic rings. The minimum atomic E-state index is -3.67. The number of hydrogen-bond donors (Lipinski definition) is 0. The predicted octanol–water partition coefficient (Wildman–Crippen LogP) is 3.65. The van der Waals surface area contributed by atoms with Crippen LogP contribution in [0.3, 0.4) is 0 Å². The molecule has 0 aliphatic carbocycles. The predicted molar refractivity (Wildman–Crippen MR) is 98.1 cm³/mol. The van der Waals surface area contributed by atoms with Crippen LogP contribution in [0.15, 0.2) is 47.4 Å². The molecule has 0 amide bonds. The maximum atomic E-state index is 13.1. The fraction of sp³-hybridized carbons (Fsp3) is 0.294. The van der Waals surface area contributed by atoms with Gasteiger partial charge in [0.15, 0.2) is 0 Å². The molecule has 1 aliphatic heterocycles. The van der Waals surface area contributed by atoms with E-state index < -0.39 is 20.3 Å². The van der Waals surface area contributed by atoms with Crippen LogP contribution in [0.4, 0.5) is 5.69 Å². The van der Waals surface area contributed by atoms with Gasteiger partial charge in [0.05, 0.1) is 15.2 Å². The van der Waals surface area contributed by atoms with Gasteiger partial charge >= 0.3 is 0 Å². The van der Waals surface area contributed by atoms with Gasteiger partial charge < -0.3 is 0 Å². The third-order valence-corrected chi connectivity index (χ3v) is 7.55. The highest BCUT2D eigenvalue weighted by molar-refractivity contribution is 8.01. The highest BCUT2D eigenvalue weighted by atomic mass is 32.2. The van der Waals surface area contributed by atoms with Crippen molar-refractivity contribution in [2.75, 3.05) is 12.3 Å². The van der Waals surface area contributed by atoms with Crippen LogP contribution >= 0.6 is 11.8 Å². The SMILES string of the molecule is Cc1ccc(S(=O)(=O)N2CCSC2c2cccc([N+](=O)[O-])c2)c(C)c1. The Balaban J connectivity index is 2.01. The smallest absolute Gasteiger partial charge is 0.258 e. The molecule has 1 unspecified atom stereocenters. The zero-order chi connectivity index (χ0) is 18.2. The molecule has 6 nitrogen and oxygen atoms in total. The van der Waals surface area contributed by atoms with Crippen molar-refractivity contribution in [1.29, 1.82) is 0 Å². The van der Waals surface area contributed by atoms with E-state index in [1.54, 1.807) is 31.2 Å². The van der Waals surface area contributed by atoms with Gasteiger partial charge in [0.2, 0.25) is 10.0 Å². The van der Waals surface area contributed by atoms with Gasteiger partial charge in [-0.1, -0.05) is 29.8 Å². The Hall–Kier alpha value is -1.90. The zero-order valence-electron chi connectivity index (χ0n) is 13.9. The first-order valence-electron chi connectivity index (χ1n) is 7.76. The van der Waals surface area contributed by atoms with Crippen molar-refractivity contribution in [2.24, 2.45) is 0 Å². The molecular weight excluding hydrogens is 360 g/mol. The number of nitrogens with zero attached hydrogens (tertiary/aromatic N) is 2. The summed E-state index contributed by atoms with van der Waals surface area (Å²) < 4.78 is 27.7. The summed E-state index contributed by atoms with van der Waals surface area (Å²) in [4.78, 5) is 10.8. The van der Waals surface area contributed by atoms with Gasteiger partial charge in [-0.05, 0) is 31.0 Å². The average molecular weight is 378 g/mol. The number of benzene rings is 2. The Morgan fingerprint density at radius 2 is 1.96 bits per heavy atom. The van der Waals surface area contributed by atoms with E-state index in [1.165, 1.54) is 28.2 Å². The monoisotopic (exact) mass is 378 g/mol. The minimum Gasteiger partial charge on any atom is -0.258 e. The molecular formula is C17H18N2O4S2. The number of rotatable bonds is 4. The van der Waals surface area contributed by atoms with E-state index in [9.17, 15) is 18.5 Å². The first-order valence-corrected chi connectivity index (χ1v) is 10.2. The number of sulfonamides is 1. The molecule has 0 bridgehead atoms. The van der Waals surface area contributed by atoms with Gasteiger partial charge in [-0.2, -0.15) is 4.31 Å². The molecule has 1 saturated heterocycles. The molecule has 2 aromatic carbocycles. The summed E-state index contributed by atoms with van der Waals surface area (Å²) in [6.07, 6.45) is 0. The fourth-order valence-corrected chi connectivity index (χ4v) is 6.41. The third-order valence-electron chi connectivity index (χ3n) is 4.13. The first-order chi connectivity index (χ1) is 11.8. The van der Waals surface area contributed by atoms with Crippen molar-refractivity contribution < 1.29 is 13.3 Å². The van der Waals surface area contributed by atoms with Crippen molar-refractivity contribution in [3.63, 3.8) is 0 Å². The van der Waals surface area contributed by atoms with Crippen molar-refractivity contribution in [1.82, 2.24) is 4.31 Å².